The van der Waals surface area contributed by atoms with E-state index in [2.05, 4.69) is 0 Å². The van der Waals surface area contributed by atoms with Gasteiger partial charge in [0.2, 0.25) is 5.91 Å². The van der Waals surface area contributed by atoms with E-state index in [4.69, 9.17) is 14.2 Å². The van der Waals surface area contributed by atoms with E-state index in [9.17, 15) is 9.59 Å². The molecule has 0 spiro atoms. The second-order valence-corrected chi connectivity index (χ2v) is 4.99. The first-order valence-corrected chi connectivity index (χ1v) is 6.93. The quantitative estimate of drug-likeness (QED) is 0.627. The molecule has 0 radical (unpaired) electrons. The monoisotopic (exact) mass is 286 g/mol. The third-order valence-corrected chi connectivity index (χ3v) is 3.79. The number of hydrogen-bond donors (Lipinski definition) is 0. The van der Waals surface area contributed by atoms with E-state index < -0.39 is 6.10 Å². The second kappa shape index (κ2) is 7.01. The van der Waals surface area contributed by atoms with Crippen LogP contribution in [0.15, 0.2) is 0 Å². The Balaban J connectivity index is 1.92. The average molecular weight is 286 g/mol. The molecule has 2 atom stereocenters. The normalized spacial score (nSPS) is 26.1. The number of morpholine rings is 2. The fourth-order valence-corrected chi connectivity index (χ4v) is 2.50. The third kappa shape index (κ3) is 3.47. The zero-order chi connectivity index (χ0) is 14.5. The van der Waals surface area contributed by atoms with Gasteiger partial charge in [0.15, 0.2) is 6.10 Å². The van der Waals surface area contributed by atoms with Gasteiger partial charge in [-0.05, 0) is 6.92 Å². The Morgan fingerprint density at radius 2 is 1.90 bits per heavy atom. The maximum atomic E-state index is 12.4. The summed E-state index contributed by atoms with van der Waals surface area (Å²) in [5.74, 6) is -0.306. The topological polar surface area (TPSA) is 68.3 Å². The molecule has 1 amide bonds. The molecule has 2 unspecified atom stereocenters. The molecule has 0 aromatic carbocycles. The highest BCUT2D eigenvalue weighted by Gasteiger charge is 2.34. The van der Waals surface area contributed by atoms with Crippen LogP contribution in [0.2, 0.25) is 0 Å². The molecule has 2 saturated heterocycles. The molecular weight excluding hydrogens is 264 g/mol. The van der Waals surface area contributed by atoms with Crippen LogP contribution in [0.4, 0.5) is 0 Å². The zero-order valence-electron chi connectivity index (χ0n) is 12.0. The molecule has 2 heterocycles. The van der Waals surface area contributed by atoms with E-state index >= 15 is 0 Å². The highest BCUT2D eigenvalue weighted by molar-refractivity contribution is 5.82. The number of ether oxygens (including phenoxy) is 3. The summed E-state index contributed by atoms with van der Waals surface area (Å²) in [4.78, 5) is 27.7. The van der Waals surface area contributed by atoms with Crippen molar-refractivity contribution in [1.29, 1.82) is 0 Å². The van der Waals surface area contributed by atoms with Crippen LogP contribution >= 0.6 is 0 Å². The van der Waals surface area contributed by atoms with Gasteiger partial charge in [-0.3, -0.25) is 9.69 Å². The molecule has 114 valence electrons. The molecule has 0 bridgehead atoms. The van der Waals surface area contributed by atoms with E-state index in [-0.39, 0.29) is 17.9 Å². The number of rotatable bonds is 3. The Hall–Kier alpha value is -1.18. The molecule has 2 aliphatic rings. The molecule has 2 rings (SSSR count). The SMILES string of the molecule is COC(=O)C1CN(C(C)C(=O)N2CCOCC2)CCO1. The number of esters is 1. The van der Waals surface area contributed by atoms with Crippen LogP contribution in [-0.4, -0.2) is 86.9 Å². The molecule has 7 nitrogen and oxygen atoms in total. The minimum absolute atomic E-state index is 0.0822. The van der Waals surface area contributed by atoms with Crippen molar-refractivity contribution in [2.24, 2.45) is 0 Å². The summed E-state index contributed by atoms with van der Waals surface area (Å²) < 4.78 is 15.3. The maximum absolute atomic E-state index is 12.4. The highest BCUT2D eigenvalue weighted by Crippen LogP contribution is 2.13. The number of amides is 1. The minimum atomic E-state index is -0.603. The van der Waals surface area contributed by atoms with Gasteiger partial charge in [0.25, 0.3) is 0 Å². The van der Waals surface area contributed by atoms with Crippen molar-refractivity contribution in [2.75, 3.05) is 53.1 Å². The van der Waals surface area contributed by atoms with Gasteiger partial charge in [0.1, 0.15) is 0 Å². The molecule has 0 N–H and O–H groups in total. The standard InChI is InChI=1S/C13H22N2O5/c1-10(12(16)14-3-6-19-7-4-14)15-5-8-20-11(9-15)13(17)18-2/h10-11H,3-9H2,1-2H3. The summed E-state index contributed by atoms with van der Waals surface area (Å²) in [5, 5.41) is 0. The van der Waals surface area contributed by atoms with Gasteiger partial charge in [-0.2, -0.15) is 0 Å². The first-order valence-electron chi connectivity index (χ1n) is 6.93. The van der Waals surface area contributed by atoms with Crippen LogP contribution in [0.1, 0.15) is 6.92 Å². The van der Waals surface area contributed by atoms with Gasteiger partial charge in [-0.25, -0.2) is 4.79 Å². The van der Waals surface area contributed by atoms with Crippen molar-refractivity contribution in [3.05, 3.63) is 0 Å². The van der Waals surface area contributed by atoms with Crippen molar-refractivity contribution < 1.29 is 23.8 Å². The van der Waals surface area contributed by atoms with E-state index in [1.807, 2.05) is 16.7 Å². The molecule has 0 saturated carbocycles. The van der Waals surface area contributed by atoms with Crippen molar-refractivity contribution in [3.63, 3.8) is 0 Å². The van der Waals surface area contributed by atoms with E-state index in [1.165, 1.54) is 7.11 Å². The minimum Gasteiger partial charge on any atom is -0.467 e. The van der Waals surface area contributed by atoms with Gasteiger partial charge < -0.3 is 19.1 Å². The number of nitrogens with zero attached hydrogens (tertiary/aromatic N) is 2. The summed E-state index contributed by atoms with van der Waals surface area (Å²) >= 11 is 0. The van der Waals surface area contributed by atoms with Gasteiger partial charge in [-0.15, -0.1) is 0 Å². The molecule has 20 heavy (non-hydrogen) atoms. The third-order valence-electron chi connectivity index (χ3n) is 3.79. The Morgan fingerprint density at radius 1 is 1.20 bits per heavy atom. The summed E-state index contributed by atoms with van der Waals surface area (Å²) in [5.41, 5.74) is 0. The Labute approximate surface area is 118 Å². The molecule has 2 aliphatic heterocycles. The lowest BCUT2D eigenvalue weighted by atomic mass is 10.2. The lowest BCUT2D eigenvalue weighted by molar-refractivity contribution is -0.163. The van der Waals surface area contributed by atoms with Crippen LogP contribution in [-0.2, 0) is 23.8 Å². The predicted octanol–water partition coefficient (Wildman–Crippen LogP) is -0.892. The molecule has 0 aliphatic carbocycles. The lowest BCUT2D eigenvalue weighted by Crippen LogP contribution is -2.56. The average Bonchev–Trinajstić information content (AvgIpc) is 2.53. The Morgan fingerprint density at radius 3 is 2.55 bits per heavy atom. The fourth-order valence-electron chi connectivity index (χ4n) is 2.50. The lowest BCUT2D eigenvalue weighted by Gasteiger charge is -2.37. The number of methoxy groups -OCH3 is 1. The maximum Gasteiger partial charge on any atom is 0.336 e. The highest BCUT2D eigenvalue weighted by atomic mass is 16.6. The van der Waals surface area contributed by atoms with Gasteiger partial charge >= 0.3 is 5.97 Å². The predicted molar refractivity (Wildman–Crippen MR) is 70.2 cm³/mol. The van der Waals surface area contributed by atoms with Crippen molar-refractivity contribution in [1.82, 2.24) is 9.80 Å². The van der Waals surface area contributed by atoms with Gasteiger partial charge in [0, 0.05) is 26.2 Å². The van der Waals surface area contributed by atoms with Crippen LogP contribution in [0.3, 0.4) is 0 Å². The summed E-state index contributed by atoms with van der Waals surface area (Å²) in [6.45, 7) is 5.78. The van der Waals surface area contributed by atoms with Crippen LogP contribution in [0.5, 0.6) is 0 Å². The molecule has 7 heteroatoms. The Kier molecular flexibility index (Phi) is 5.33. The summed E-state index contributed by atoms with van der Waals surface area (Å²) in [6.07, 6.45) is -0.603. The number of carbonyl (C=O) groups excluding carboxylic acids is 2. The molecule has 0 aromatic heterocycles. The van der Waals surface area contributed by atoms with Gasteiger partial charge in [0.05, 0.1) is 33.0 Å². The largest absolute Gasteiger partial charge is 0.467 e. The van der Waals surface area contributed by atoms with Crippen molar-refractivity contribution >= 4 is 11.9 Å². The van der Waals surface area contributed by atoms with E-state index in [0.717, 1.165) is 0 Å². The van der Waals surface area contributed by atoms with E-state index in [0.29, 0.717) is 46.0 Å². The second-order valence-electron chi connectivity index (χ2n) is 4.99. The van der Waals surface area contributed by atoms with Crippen molar-refractivity contribution in [3.8, 4) is 0 Å². The summed E-state index contributed by atoms with van der Waals surface area (Å²) in [7, 11) is 1.34. The van der Waals surface area contributed by atoms with Crippen LogP contribution in [0.25, 0.3) is 0 Å². The fraction of sp³-hybridized carbons (Fsp3) is 0.846. The number of hydrogen-bond acceptors (Lipinski definition) is 6. The number of carbonyl (C=O) groups is 2. The molecular formula is C13H22N2O5. The van der Waals surface area contributed by atoms with Gasteiger partial charge in [-0.1, -0.05) is 0 Å². The Bertz CT molecular complexity index is 357. The van der Waals surface area contributed by atoms with Crippen LogP contribution < -0.4 is 0 Å². The van der Waals surface area contributed by atoms with E-state index in [1.54, 1.807) is 0 Å². The first-order chi connectivity index (χ1) is 9.63. The zero-order valence-corrected chi connectivity index (χ0v) is 12.0. The molecule has 2 fully saturated rings. The van der Waals surface area contributed by atoms with Crippen LogP contribution in [0, 0.1) is 0 Å². The molecule has 0 aromatic rings. The summed E-state index contributed by atoms with van der Waals surface area (Å²) in [6, 6.07) is -0.260. The van der Waals surface area contributed by atoms with Crippen molar-refractivity contribution in [2.45, 2.75) is 19.1 Å². The first kappa shape index (κ1) is 15.2. The smallest absolute Gasteiger partial charge is 0.336 e.